The SMILES string of the molecule is CC.Cn1cc(-c2cc(F)cc(N3CCn4c5c(c(F)c4C3=O)CCCC5)c2CO)cc(Nc2ccc(N3CCN(C4COC4)CC3)cn2)c1=O. The van der Waals surface area contributed by atoms with Crippen molar-refractivity contribution in [1.82, 2.24) is 19.0 Å². The Bertz CT molecular complexity index is 1980. The van der Waals surface area contributed by atoms with Crippen LogP contribution in [0.5, 0.6) is 0 Å². The number of carbonyl (C=O) groups excluding carboxylic acids is 1. The van der Waals surface area contributed by atoms with E-state index in [0.717, 1.165) is 70.0 Å². The molecule has 0 unspecified atom stereocenters. The van der Waals surface area contributed by atoms with Gasteiger partial charge < -0.3 is 34.1 Å². The van der Waals surface area contributed by atoms with Crippen LogP contribution in [0.2, 0.25) is 0 Å². The van der Waals surface area contributed by atoms with Crippen molar-refractivity contribution in [2.45, 2.75) is 58.7 Å². The number of ether oxygens (including phenoxy) is 1. The third kappa shape index (κ3) is 6.42. The van der Waals surface area contributed by atoms with Gasteiger partial charge in [-0.25, -0.2) is 13.8 Å². The van der Waals surface area contributed by atoms with Crippen LogP contribution in [0.4, 0.5) is 31.7 Å². The van der Waals surface area contributed by atoms with Crippen LogP contribution >= 0.6 is 0 Å². The van der Waals surface area contributed by atoms with Gasteiger partial charge >= 0.3 is 0 Å². The molecular weight excluding hydrogens is 656 g/mol. The van der Waals surface area contributed by atoms with Crippen molar-refractivity contribution in [2.24, 2.45) is 7.05 Å². The summed E-state index contributed by atoms with van der Waals surface area (Å²) in [5.74, 6) is -1.21. The number of hydrogen-bond acceptors (Lipinski definition) is 8. The smallest absolute Gasteiger partial charge is 0.278 e. The highest BCUT2D eigenvalue weighted by atomic mass is 19.1. The second kappa shape index (κ2) is 14.6. The quantitative estimate of drug-likeness (QED) is 0.282. The fraction of sp³-hybridized carbons (Fsp3) is 0.447. The van der Waals surface area contributed by atoms with Crippen LogP contribution in [-0.2, 0) is 37.8 Å². The lowest BCUT2D eigenvalue weighted by Gasteiger charge is -2.43. The second-order valence-electron chi connectivity index (χ2n) is 13.3. The van der Waals surface area contributed by atoms with Crippen LogP contribution in [0, 0.1) is 11.6 Å². The number of rotatable bonds is 7. The van der Waals surface area contributed by atoms with E-state index in [4.69, 9.17) is 4.74 Å². The lowest BCUT2D eigenvalue weighted by molar-refractivity contribution is -0.0660. The van der Waals surface area contributed by atoms with Crippen molar-refractivity contribution in [3.8, 4) is 11.1 Å². The Labute approximate surface area is 296 Å². The zero-order valence-electron chi connectivity index (χ0n) is 29.4. The highest BCUT2D eigenvalue weighted by molar-refractivity contribution is 6.07. The first-order chi connectivity index (χ1) is 24.8. The number of aliphatic hydroxyl groups excluding tert-OH is 1. The first-order valence-corrected chi connectivity index (χ1v) is 18.0. The Balaban J connectivity index is 0.00000200. The number of aliphatic hydroxyl groups is 1. The molecule has 3 aliphatic heterocycles. The zero-order valence-corrected chi connectivity index (χ0v) is 29.4. The Morgan fingerprint density at radius 1 is 0.980 bits per heavy atom. The maximum Gasteiger partial charge on any atom is 0.278 e. The van der Waals surface area contributed by atoms with E-state index in [-0.39, 0.29) is 29.2 Å². The average Bonchev–Trinajstić information content (AvgIpc) is 3.42. The van der Waals surface area contributed by atoms with Gasteiger partial charge in [0.2, 0.25) is 0 Å². The molecule has 1 amide bonds. The number of pyridine rings is 2. The molecule has 4 aliphatic rings. The van der Waals surface area contributed by atoms with Gasteiger partial charge in [0.1, 0.15) is 23.0 Å². The number of hydrogen-bond donors (Lipinski definition) is 2. The molecule has 2 fully saturated rings. The Hall–Kier alpha value is -4.59. The molecule has 0 radical (unpaired) electrons. The summed E-state index contributed by atoms with van der Waals surface area (Å²) >= 11 is 0. The van der Waals surface area contributed by atoms with Gasteiger partial charge in [0, 0.05) is 74.9 Å². The minimum atomic E-state index is -0.627. The van der Waals surface area contributed by atoms with Crippen LogP contribution in [0.3, 0.4) is 0 Å². The van der Waals surface area contributed by atoms with Crippen molar-refractivity contribution < 1.29 is 23.4 Å². The fourth-order valence-corrected chi connectivity index (χ4v) is 7.74. The predicted molar refractivity (Wildman–Crippen MR) is 193 cm³/mol. The van der Waals surface area contributed by atoms with Gasteiger partial charge in [-0.3, -0.25) is 14.5 Å². The standard InChI is InChI=1S/C36H39F2N7O4.C2H6/c1-41-18-22(14-29(35(41)47)40-32-7-6-24(17-39-32)42-8-10-43(11-9-42)25-20-49-21-25)27-15-23(37)16-31(28(27)19-46)45-13-12-44-30-5-3-2-4-26(30)33(38)34(44)36(45)48;1-2/h6-7,14-18,25,46H,2-5,8-13,19-21H2,1H3,(H,39,40);1-2H3. The molecule has 0 atom stereocenters. The molecule has 2 saturated heterocycles. The molecule has 6 heterocycles. The van der Waals surface area contributed by atoms with Crippen molar-refractivity contribution >= 4 is 28.8 Å². The molecule has 4 aromatic rings. The molecule has 0 bridgehead atoms. The van der Waals surface area contributed by atoms with Gasteiger partial charge in [0.15, 0.2) is 5.82 Å². The molecule has 2 N–H and O–H groups in total. The molecule has 1 aliphatic carbocycles. The van der Waals surface area contributed by atoms with Gasteiger partial charge in [-0.1, -0.05) is 13.8 Å². The third-order valence-corrected chi connectivity index (χ3v) is 10.5. The summed E-state index contributed by atoms with van der Waals surface area (Å²) in [4.78, 5) is 37.7. The summed E-state index contributed by atoms with van der Waals surface area (Å²) in [6.07, 6.45) is 6.49. The first-order valence-electron chi connectivity index (χ1n) is 18.0. The van der Waals surface area contributed by atoms with E-state index in [2.05, 4.69) is 20.1 Å². The normalized spacial score (nSPS) is 17.7. The van der Waals surface area contributed by atoms with E-state index in [9.17, 15) is 14.7 Å². The first kappa shape index (κ1) is 34.8. The number of carbonyl (C=O) groups is 1. The highest BCUT2D eigenvalue weighted by Crippen LogP contribution is 2.38. The number of aryl methyl sites for hydroxylation is 1. The van der Waals surface area contributed by atoms with E-state index < -0.39 is 24.1 Å². The number of halogens is 2. The molecule has 0 saturated carbocycles. The topological polar surface area (TPSA) is 108 Å². The molecule has 0 spiro atoms. The molecule has 13 heteroatoms. The van der Waals surface area contributed by atoms with Crippen LogP contribution in [-0.4, -0.2) is 82.0 Å². The van der Waals surface area contributed by atoms with Gasteiger partial charge in [0.25, 0.3) is 11.5 Å². The van der Waals surface area contributed by atoms with Crippen molar-refractivity contribution in [2.75, 3.05) is 61.1 Å². The minimum absolute atomic E-state index is 0.00834. The van der Waals surface area contributed by atoms with Gasteiger partial charge in [-0.2, -0.15) is 0 Å². The molecule has 3 aromatic heterocycles. The number of nitrogens with zero attached hydrogens (tertiary/aromatic N) is 6. The highest BCUT2D eigenvalue weighted by Gasteiger charge is 2.36. The number of piperazine rings is 1. The molecule has 1 aromatic carbocycles. The Morgan fingerprint density at radius 2 is 1.75 bits per heavy atom. The lowest BCUT2D eigenvalue weighted by atomic mass is 9.97. The summed E-state index contributed by atoms with van der Waals surface area (Å²) in [6, 6.07) is 8.39. The third-order valence-electron chi connectivity index (χ3n) is 10.5. The van der Waals surface area contributed by atoms with E-state index in [0.29, 0.717) is 47.1 Å². The number of nitrogens with one attached hydrogen (secondary N) is 1. The molecule has 51 heavy (non-hydrogen) atoms. The largest absolute Gasteiger partial charge is 0.392 e. The predicted octanol–water partition coefficient (Wildman–Crippen LogP) is 4.85. The second-order valence-corrected chi connectivity index (χ2v) is 13.3. The fourth-order valence-electron chi connectivity index (χ4n) is 7.74. The van der Waals surface area contributed by atoms with Crippen LogP contribution in [0.25, 0.3) is 11.1 Å². The molecule has 8 rings (SSSR count). The van der Waals surface area contributed by atoms with Crippen molar-refractivity contribution in [3.05, 3.63) is 87.2 Å². The number of fused-ring (bicyclic) bond motifs is 3. The Kier molecular flexibility index (Phi) is 9.95. The minimum Gasteiger partial charge on any atom is -0.392 e. The number of amides is 1. The van der Waals surface area contributed by atoms with E-state index in [1.807, 2.05) is 26.0 Å². The van der Waals surface area contributed by atoms with Crippen LogP contribution < -0.4 is 20.7 Å². The van der Waals surface area contributed by atoms with Crippen molar-refractivity contribution in [3.63, 3.8) is 0 Å². The monoisotopic (exact) mass is 701 g/mol. The maximum atomic E-state index is 15.6. The summed E-state index contributed by atoms with van der Waals surface area (Å²) < 4.78 is 39.4. The number of aromatic nitrogens is 3. The van der Waals surface area contributed by atoms with Crippen molar-refractivity contribution in [1.29, 1.82) is 0 Å². The summed E-state index contributed by atoms with van der Waals surface area (Å²) in [5.41, 5.74) is 3.61. The van der Waals surface area contributed by atoms with E-state index >= 15 is 8.78 Å². The number of anilines is 4. The Morgan fingerprint density at radius 3 is 2.43 bits per heavy atom. The molecule has 270 valence electrons. The summed E-state index contributed by atoms with van der Waals surface area (Å²) in [6.45, 7) is 9.39. The van der Waals surface area contributed by atoms with Gasteiger partial charge in [-0.05, 0) is 61.6 Å². The maximum absolute atomic E-state index is 15.6. The van der Waals surface area contributed by atoms with Crippen LogP contribution in [0.1, 0.15) is 54.0 Å². The van der Waals surface area contributed by atoms with E-state index in [1.165, 1.54) is 21.6 Å². The lowest BCUT2D eigenvalue weighted by Crippen LogP contribution is -2.56. The summed E-state index contributed by atoms with van der Waals surface area (Å²) in [7, 11) is 1.59. The molecule has 11 nitrogen and oxygen atoms in total. The van der Waals surface area contributed by atoms with Gasteiger partial charge in [-0.15, -0.1) is 0 Å². The zero-order chi connectivity index (χ0) is 35.8. The van der Waals surface area contributed by atoms with Crippen LogP contribution in [0.15, 0.2) is 47.5 Å². The van der Waals surface area contributed by atoms with E-state index in [1.54, 1.807) is 30.1 Å². The average molecular weight is 702 g/mol. The summed E-state index contributed by atoms with van der Waals surface area (Å²) in [5, 5.41) is 13.7. The number of benzene rings is 1. The molecular formula is C38H45F2N7O4. The van der Waals surface area contributed by atoms with Gasteiger partial charge in [0.05, 0.1) is 43.4 Å².